The van der Waals surface area contributed by atoms with Crippen LogP contribution in [0.4, 0.5) is 14.5 Å². The fraction of sp³-hybridized carbons (Fsp3) is 0.154. The second-order valence-corrected chi connectivity index (χ2v) is 10.0. The van der Waals surface area contributed by atoms with Gasteiger partial charge in [-0.15, -0.1) is 0 Å². The summed E-state index contributed by atoms with van der Waals surface area (Å²) in [5.41, 5.74) is 1.73. The number of carbonyl (C=O) groups excluding carboxylic acids is 2. The van der Waals surface area contributed by atoms with Crippen LogP contribution in [-0.4, -0.2) is 26.8 Å². The highest BCUT2D eigenvalue weighted by atomic mass is 32.2. The molecule has 2 amide bonds. The molecule has 0 spiro atoms. The lowest BCUT2D eigenvalue weighted by Crippen LogP contribution is -2.40. The van der Waals surface area contributed by atoms with E-state index in [4.69, 9.17) is 0 Å². The number of hydrogen-bond donors (Lipinski definition) is 2. The molecule has 0 saturated carbocycles. The third kappa shape index (κ3) is 5.13. The van der Waals surface area contributed by atoms with E-state index in [0.29, 0.717) is 23.2 Å². The van der Waals surface area contributed by atoms with Gasteiger partial charge in [-0.25, -0.2) is 17.2 Å². The number of nitrogens with one attached hydrogen (secondary N) is 2. The van der Waals surface area contributed by atoms with Crippen LogP contribution in [0.25, 0.3) is 0 Å². The van der Waals surface area contributed by atoms with Crippen molar-refractivity contribution in [2.75, 3.05) is 10.8 Å². The number of para-hydroxylation sites is 1. The van der Waals surface area contributed by atoms with Gasteiger partial charge in [0.2, 0.25) is 5.91 Å². The molecule has 1 aliphatic rings. The van der Waals surface area contributed by atoms with Crippen LogP contribution in [0, 0.1) is 11.6 Å². The van der Waals surface area contributed by atoms with Crippen LogP contribution in [0.3, 0.4) is 0 Å². The van der Waals surface area contributed by atoms with E-state index in [-0.39, 0.29) is 35.5 Å². The van der Waals surface area contributed by atoms with Crippen molar-refractivity contribution in [2.45, 2.75) is 23.9 Å². The molecular weight excluding hydrogens is 488 g/mol. The van der Waals surface area contributed by atoms with E-state index in [1.165, 1.54) is 40.7 Å². The SMILES string of the molecule is C=CC(=O)NC1CCN(S(=O)(=O)c2ccc(C(=O)NCc3ccc(F)c(F)c3)cc2)c2ccccc21. The number of rotatable bonds is 7. The molecule has 10 heteroatoms. The molecule has 1 atom stereocenters. The lowest BCUT2D eigenvalue weighted by atomic mass is 9.98. The van der Waals surface area contributed by atoms with Crippen LogP contribution in [0.5, 0.6) is 0 Å². The van der Waals surface area contributed by atoms with Crippen molar-refractivity contribution >= 4 is 27.5 Å². The van der Waals surface area contributed by atoms with Crippen molar-refractivity contribution in [3.8, 4) is 0 Å². The third-order valence-electron chi connectivity index (χ3n) is 5.85. The predicted molar refractivity (Wildman–Crippen MR) is 131 cm³/mol. The molecule has 1 heterocycles. The minimum atomic E-state index is -3.95. The van der Waals surface area contributed by atoms with E-state index in [1.54, 1.807) is 24.3 Å². The highest BCUT2D eigenvalue weighted by Gasteiger charge is 2.33. The zero-order chi connectivity index (χ0) is 25.9. The molecule has 0 aromatic heterocycles. The second-order valence-electron chi connectivity index (χ2n) is 8.15. The lowest BCUT2D eigenvalue weighted by Gasteiger charge is -2.35. The van der Waals surface area contributed by atoms with Crippen molar-refractivity contribution < 1.29 is 26.8 Å². The summed E-state index contributed by atoms with van der Waals surface area (Å²) in [5.74, 6) is -2.82. The Morgan fingerprint density at radius 1 is 1.03 bits per heavy atom. The van der Waals surface area contributed by atoms with Crippen molar-refractivity contribution in [3.05, 3.63) is 108 Å². The molecule has 0 saturated heterocycles. The van der Waals surface area contributed by atoms with Gasteiger partial charge in [0.15, 0.2) is 11.6 Å². The van der Waals surface area contributed by atoms with Gasteiger partial charge in [0, 0.05) is 18.7 Å². The normalized spacial score (nSPS) is 15.1. The number of nitrogens with zero attached hydrogens (tertiary/aromatic N) is 1. The number of benzene rings is 3. The standard InChI is InChI=1S/C26H23F2N3O4S/c1-2-25(32)30-23-13-14-31(24-6-4-3-5-20(23)24)36(34,35)19-10-8-18(9-11-19)26(33)29-16-17-7-12-21(27)22(28)15-17/h2-12,15,23H,1,13-14,16H2,(H,29,33)(H,30,32). The van der Waals surface area contributed by atoms with E-state index in [2.05, 4.69) is 17.2 Å². The zero-order valence-electron chi connectivity index (χ0n) is 19.1. The Bertz CT molecular complexity index is 1430. The van der Waals surface area contributed by atoms with E-state index in [0.717, 1.165) is 12.1 Å². The maximum atomic E-state index is 13.4. The summed E-state index contributed by atoms with van der Waals surface area (Å²) < 4.78 is 54.6. The van der Waals surface area contributed by atoms with E-state index in [1.807, 2.05) is 0 Å². The Balaban J connectivity index is 1.50. The summed E-state index contributed by atoms with van der Waals surface area (Å²) in [6.07, 6.45) is 1.54. The molecule has 7 nitrogen and oxygen atoms in total. The number of anilines is 1. The third-order valence-corrected chi connectivity index (χ3v) is 7.67. The zero-order valence-corrected chi connectivity index (χ0v) is 19.9. The van der Waals surface area contributed by atoms with Crippen LogP contribution in [0.2, 0.25) is 0 Å². The van der Waals surface area contributed by atoms with E-state index < -0.39 is 27.6 Å². The smallest absolute Gasteiger partial charge is 0.264 e. The molecule has 1 unspecified atom stereocenters. The molecule has 0 radical (unpaired) electrons. The minimum absolute atomic E-state index is 0.00281. The van der Waals surface area contributed by atoms with Gasteiger partial charge in [-0.3, -0.25) is 13.9 Å². The molecule has 3 aromatic carbocycles. The molecule has 36 heavy (non-hydrogen) atoms. The van der Waals surface area contributed by atoms with Crippen molar-refractivity contribution in [1.82, 2.24) is 10.6 Å². The van der Waals surface area contributed by atoms with Gasteiger partial charge in [0.25, 0.3) is 15.9 Å². The molecule has 3 aromatic rings. The Morgan fingerprint density at radius 3 is 2.44 bits per heavy atom. The fourth-order valence-electron chi connectivity index (χ4n) is 4.00. The number of sulfonamides is 1. The second kappa shape index (κ2) is 10.3. The molecule has 0 aliphatic carbocycles. The topological polar surface area (TPSA) is 95.6 Å². The van der Waals surface area contributed by atoms with E-state index in [9.17, 15) is 26.8 Å². The first-order chi connectivity index (χ1) is 17.2. The summed E-state index contributed by atoms with van der Waals surface area (Å²) in [6, 6.07) is 15.4. The summed E-state index contributed by atoms with van der Waals surface area (Å²) in [6.45, 7) is 3.58. The number of amides is 2. The highest BCUT2D eigenvalue weighted by Crippen LogP contribution is 2.37. The first-order valence-corrected chi connectivity index (χ1v) is 12.5. The van der Waals surface area contributed by atoms with Gasteiger partial charge < -0.3 is 10.6 Å². The van der Waals surface area contributed by atoms with Crippen molar-refractivity contribution in [2.24, 2.45) is 0 Å². The maximum Gasteiger partial charge on any atom is 0.264 e. The van der Waals surface area contributed by atoms with Gasteiger partial charge in [-0.05, 0) is 66.1 Å². The average molecular weight is 512 g/mol. The summed E-state index contributed by atoms with van der Waals surface area (Å²) in [5, 5.41) is 5.42. The number of halogens is 2. The molecule has 4 rings (SSSR count). The Kier molecular flexibility index (Phi) is 7.16. The van der Waals surface area contributed by atoms with Crippen molar-refractivity contribution in [3.63, 3.8) is 0 Å². The number of hydrogen-bond acceptors (Lipinski definition) is 4. The van der Waals surface area contributed by atoms with E-state index >= 15 is 0 Å². The Labute approximate surface area is 207 Å². The van der Waals surface area contributed by atoms with Crippen LogP contribution in [0.15, 0.2) is 84.3 Å². The van der Waals surface area contributed by atoms with Crippen LogP contribution in [-0.2, 0) is 21.4 Å². The Hall–Kier alpha value is -4.05. The van der Waals surface area contributed by atoms with Gasteiger partial charge in [0.1, 0.15) is 0 Å². The minimum Gasteiger partial charge on any atom is -0.348 e. The number of fused-ring (bicyclic) bond motifs is 1. The largest absolute Gasteiger partial charge is 0.348 e. The number of carbonyl (C=O) groups is 2. The quantitative estimate of drug-likeness (QED) is 0.472. The first kappa shape index (κ1) is 25.1. The summed E-state index contributed by atoms with van der Waals surface area (Å²) in [7, 11) is -3.95. The molecular formula is C26H23F2N3O4S. The molecule has 2 N–H and O–H groups in total. The van der Waals surface area contributed by atoms with Crippen LogP contribution >= 0.6 is 0 Å². The Morgan fingerprint density at radius 2 is 1.75 bits per heavy atom. The van der Waals surface area contributed by atoms with Gasteiger partial charge >= 0.3 is 0 Å². The molecule has 186 valence electrons. The molecule has 0 bridgehead atoms. The summed E-state index contributed by atoms with van der Waals surface area (Å²) >= 11 is 0. The highest BCUT2D eigenvalue weighted by molar-refractivity contribution is 7.92. The van der Waals surface area contributed by atoms with Crippen molar-refractivity contribution in [1.29, 1.82) is 0 Å². The first-order valence-electron chi connectivity index (χ1n) is 11.1. The van der Waals surface area contributed by atoms with Gasteiger partial charge in [-0.1, -0.05) is 30.8 Å². The summed E-state index contributed by atoms with van der Waals surface area (Å²) in [4.78, 5) is 24.3. The lowest BCUT2D eigenvalue weighted by molar-refractivity contribution is -0.117. The van der Waals surface area contributed by atoms with Crippen LogP contribution < -0.4 is 14.9 Å². The predicted octanol–water partition coefficient (Wildman–Crippen LogP) is 3.84. The molecule has 1 aliphatic heterocycles. The fourth-order valence-corrected chi connectivity index (χ4v) is 5.51. The van der Waals surface area contributed by atoms with Crippen LogP contribution in [0.1, 0.15) is 33.9 Å². The average Bonchev–Trinajstić information content (AvgIpc) is 2.89. The molecule has 0 fully saturated rings. The monoisotopic (exact) mass is 511 g/mol. The maximum absolute atomic E-state index is 13.4. The van der Waals surface area contributed by atoms with Gasteiger partial charge in [0.05, 0.1) is 16.6 Å². The van der Waals surface area contributed by atoms with Gasteiger partial charge in [-0.2, -0.15) is 0 Å².